The van der Waals surface area contributed by atoms with Crippen LogP contribution in [0.5, 0.6) is 0 Å². The molecule has 0 radical (unpaired) electrons. The predicted molar refractivity (Wildman–Crippen MR) is 83.1 cm³/mol. The first-order chi connectivity index (χ1) is 10.1. The van der Waals surface area contributed by atoms with Gasteiger partial charge in [-0.15, -0.1) is 0 Å². The number of ketones is 1. The summed E-state index contributed by atoms with van der Waals surface area (Å²) < 4.78 is 4.95. The van der Waals surface area contributed by atoms with Gasteiger partial charge in [0, 0.05) is 13.5 Å². The highest BCUT2D eigenvalue weighted by molar-refractivity contribution is 7.17. The van der Waals surface area contributed by atoms with E-state index >= 15 is 0 Å². The molecular formula is C15H22N2O3S. The van der Waals surface area contributed by atoms with Gasteiger partial charge in [-0.3, -0.25) is 4.79 Å². The van der Waals surface area contributed by atoms with Crippen LogP contribution in [-0.2, 0) is 4.74 Å². The maximum atomic E-state index is 11.8. The number of nitrogens with one attached hydrogen (secondary N) is 1. The van der Waals surface area contributed by atoms with Crippen LogP contribution in [0.3, 0.4) is 0 Å². The van der Waals surface area contributed by atoms with Crippen molar-refractivity contribution in [2.45, 2.75) is 46.0 Å². The number of hydrogen-bond acceptors (Lipinski definition) is 6. The molecule has 0 amide bonds. The molecule has 2 rings (SSSR count). The number of aromatic nitrogens is 1. The number of carbonyl (C=O) groups is 2. The molecule has 1 saturated carbocycles. The molecule has 0 unspecified atom stereocenters. The second-order valence-electron chi connectivity index (χ2n) is 5.36. The van der Waals surface area contributed by atoms with Gasteiger partial charge in [0.05, 0.1) is 6.61 Å². The molecule has 21 heavy (non-hydrogen) atoms. The molecule has 5 nitrogen and oxygen atoms in total. The van der Waals surface area contributed by atoms with Crippen LogP contribution in [0.2, 0.25) is 0 Å². The number of ether oxygens (including phenoxy) is 1. The van der Waals surface area contributed by atoms with E-state index < -0.39 is 5.97 Å². The summed E-state index contributed by atoms with van der Waals surface area (Å²) in [5.74, 6) is -0.0135. The summed E-state index contributed by atoms with van der Waals surface area (Å²) in [6.07, 6.45) is 6.38. The number of anilines is 1. The Labute approximate surface area is 129 Å². The summed E-state index contributed by atoms with van der Waals surface area (Å²) >= 11 is 1.24. The average Bonchev–Trinajstić information content (AvgIpc) is 2.91. The average molecular weight is 310 g/mol. The molecule has 1 aromatic rings. The molecule has 6 heteroatoms. The Hall–Kier alpha value is -1.43. The fourth-order valence-electron chi connectivity index (χ4n) is 2.60. The van der Waals surface area contributed by atoms with Crippen molar-refractivity contribution in [2.24, 2.45) is 5.92 Å². The van der Waals surface area contributed by atoms with E-state index in [-0.39, 0.29) is 18.1 Å². The van der Waals surface area contributed by atoms with Gasteiger partial charge in [0.25, 0.3) is 0 Å². The first-order valence-electron chi connectivity index (χ1n) is 7.54. The van der Waals surface area contributed by atoms with Crippen LogP contribution in [0.1, 0.15) is 66.1 Å². The van der Waals surface area contributed by atoms with Gasteiger partial charge >= 0.3 is 5.97 Å². The third-order valence-electron chi connectivity index (χ3n) is 3.68. The van der Waals surface area contributed by atoms with Crippen molar-refractivity contribution in [1.82, 2.24) is 4.98 Å². The molecule has 0 aliphatic heterocycles. The van der Waals surface area contributed by atoms with E-state index in [9.17, 15) is 9.59 Å². The molecule has 0 atom stereocenters. The van der Waals surface area contributed by atoms with Crippen molar-refractivity contribution in [3.05, 3.63) is 10.6 Å². The number of hydrogen-bond donors (Lipinski definition) is 1. The third kappa shape index (κ3) is 4.27. The lowest BCUT2D eigenvalue weighted by Gasteiger charge is -2.21. The minimum atomic E-state index is -0.523. The minimum Gasteiger partial charge on any atom is -0.461 e. The smallest absolute Gasteiger partial charge is 0.358 e. The Morgan fingerprint density at radius 2 is 2.05 bits per heavy atom. The SMILES string of the molecule is CCOC(=O)c1nc(NCC2CCCCC2)sc1C(C)=O. The van der Waals surface area contributed by atoms with Gasteiger partial charge in [-0.1, -0.05) is 30.6 Å². The van der Waals surface area contributed by atoms with Crippen molar-refractivity contribution in [1.29, 1.82) is 0 Å². The normalized spacial score (nSPS) is 15.7. The minimum absolute atomic E-state index is 0.139. The Morgan fingerprint density at radius 1 is 1.33 bits per heavy atom. The van der Waals surface area contributed by atoms with Gasteiger partial charge in [0.15, 0.2) is 16.6 Å². The Balaban J connectivity index is 2.04. The van der Waals surface area contributed by atoms with E-state index in [1.54, 1.807) is 6.92 Å². The highest BCUT2D eigenvalue weighted by Crippen LogP contribution is 2.27. The van der Waals surface area contributed by atoms with Gasteiger partial charge in [-0.2, -0.15) is 0 Å². The molecule has 0 spiro atoms. The number of esters is 1. The van der Waals surface area contributed by atoms with Crippen LogP contribution in [0, 0.1) is 5.92 Å². The molecule has 116 valence electrons. The standard InChI is InChI=1S/C15H22N2O3S/c1-3-20-14(19)12-13(10(2)18)21-15(17-12)16-9-11-7-5-4-6-8-11/h11H,3-9H2,1-2H3,(H,16,17). The lowest BCUT2D eigenvalue weighted by molar-refractivity contribution is 0.0517. The second kappa shape index (κ2) is 7.54. The molecule has 1 N–H and O–H groups in total. The van der Waals surface area contributed by atoms with Crippen molar-refractivity contribution in [2.75, 3.05) is 18.5 Å². The number of thiazole rings is 1. The lowest BCUT2D eigenvalue weighted by atomic mass is 9.89. The van der Waals surface area contributed by atoms with E-state index in [4.69, 9.17) is 4.74 Å². The molecule has 0 bridgehead atoms. The number of carbonyl (C=O) groups excluding carboxylic acids is 2. The molecule has 1 fully saturated rings. The first kappa shape index (κ1) is 15.9. The first-order valence-corrected chi connectivity index (χ1v) is 8.36. The van der Waals surface area contributed by atoms with Crippen LogP contribution in [-0.4, -0.2) is 29.9 Å². The number of rotatable bonds is 6. The van der Waals surface area contributed by atoms with Crippen molar-refractivity contribution >= 4 is 28.2 Å². The molecule has 1 aliphatic carbocycles. The summed E-state index contributed by atoms with van der Waals surface area (Å²) in [5, 5.41) is 3.91. The molecule has 1 heterocycles. The van der Waals surface area contributed by atoms with Gasteiger partial charge in [-0.05, 0) is 25.7 Å². The van der Waals surface area contributed by atoms with Crippen molar-refractivity contribution < 1.29 is 14.3 Å². The molecule has 1 aliphatic rings. The lowest BCUT2D eigenvalue weighted by Crippen LogP contribution is -2.17. The molecule has 0 saturated heterocycles. The van der Waals surface area contributed by atoms with Gasteiger partial charge < -0.3 is 10.1 Å². The van der Waals surface area contributed by atoms with Crippen LogP contribution >= 0.6 is 11.3 Å². The summed E-state index contributed by atoms with van der Waals surface area (Å²) in [7, 11) is 0. The van der Waals surface area contributed by atoms with E-state index in [2.05, 4.69) is 10.3 Å². The van der Waals surface area contributed by atoms with E-state index in [0.717, 1.165) is 6.54 Å². The van der Waals surface area contributed by atoms with E-state index in [1.807, 2.05) is 0 Å². The molecular weight excluding hydrogens is 288 g/mol. The highest BCUT2D eigenvalue weighted by atomic mass is 32.1. The van der Waals surface area contributed by atoms with Gasteiger partial charge in [0.1, 0.15) is 4.88 Å². The second-order valence-corrected chi connectivity index (χ2v) is 6.36. The monoisotopic (exact) mass is 310 g/mol. The summed E-state index contributed by atoms with van der Waals surface area (Å²) in [6.45, 7) is 4.31. The zero-order chi connectivity index (χ0) is 15.2. The van der Waals surface area contributed by atoms with E-state index in [1.165, 1.54) is 50.4 Å². The highest BCUT2D eigenvalue weighted by Gasteiger charge is 2.22. The summed E-state index contributed by atoms with van der Waals surface area (Å²) in [6, 6.07) is 0. The van der Waals surface area contributed by atoms with Crippen molar-refractivity contribution in [3.63, 3.8) is 0 Å². The van der Waals surface area contributed by atoms with Crippen LogP contribution in [0.25, 0.3) is 0 Å². The van der Waals surface area contributed by atoms with Gasteiger partial charge in [-0.25, -0.2) is 9.78 Å². The fraction of sp³-hybridized carbons (Fsp3) is 0.667. The summed E-state index contributed by atoms with van der Waals surface area (Å²) in [5.41, 5.74) is 0.139. The Kier molecular flexibility index (Phi) is 5.73. The maximum absolute atomic E-state index is 11.8. The van der Waals surface area contributed by atoms with Crippen molar-refractivity contribution in [3.8, 4) is 0 Å². The predicted octanol–water partition coefficient (Wildman–Crippen LogP) is 3.51. The third-order valence-corrected chi connectivity index (χ3v) is 4.80. The zero-order valence-electron chi connectivity index (χ0n) is 12.6. The molecule has 1 aromatic heterocycles. The molecule has 0 aromatic carbocycles. The quantitative estimate of drug-likeness (QED) is 0.643. The fourth-order valence-corrected chi connectivity index (χ4v) is 3.45. The van der Waals surface area contributed by atoms with Crippen LogP contribution in [0.4, 0.5) is 5.13 Å². The van der Waals surface area contributed by atoms with Crippen LogP contribution in [0.15, 0.2) is 0 Å². The Bertz CT molecular complexity index is 507. The number of Topliss-reactive ketones (excluding diaryl/α,β-unsaturated/α-hetero) is 1. The maximum Gasteiger partial charge on any atom is 0.358 e. The number of nitrogens with zero attached hydrogens (tertiary/aromatic N) is 1. The largest absolute Gasteiger partial charge is 0.461 e. The Morgan fingerprint density at radius 3 is 2.67 bits per heavy atom. The topological polar surface area (TPSA) is 68.3 Å². The zero-order valence-corrected chi connectivity index (χ0v) is 13.4. The van der Waals surface area contributed by atoms with Gasteiger partial charge in [0.2, 0.25) is 0 Å². The van der Waals surface area contributed by atoms with Crippen LogP contribution < -0.4 is 5.32 Å². The van der Waals surface area contributed by atoms with E-state index in [0.29, 0.717) is 15.9 Å². The summed E-state index contributed by atoms with van der Waals surface area (Å²) in [4.78, 5) is 28.1.